The predicted octanol–water partition coefficient (Wildman–Crippen LogP) is 0.700. The van der Waals surface area contributed by atoms with Gasteiger partial charge < -0.3 is 5.32 Å². The zero-order valence-corrected chi connectivity index (χ0v) is 10.3. The van der Waals surface area contributed by atoms with Crippen LogP contribution in [0.1, 0.15) is 6.42 Å². The van der Waals surface area contributed by atoms with E-state index in [0.29, 0.717) is 19.2 Å². The van der Waals surface area contributed by atoms with Gasteiger partial charge in [0, 0.05) is 31.2 Å². The Bertz CT molecular complexity index is 591. The van der Waals surface area contributed by atoms with Gasteiger partial charge in [-0.05, 0) is 18.6 Å². The van der Waals surface area contributed by atoms with E-state index in [9.17, 15) is 17.2 Å². The molecule has 2 aliphatic heterocycles. The lowest BCUT2D eigenvalue weighted by Gasteiger charge is -2.26. The van der Waals surface area contributed by atoms with Crippen molar-refractivity contribution in [3.63, 3.8) is 0 Å². The maximum Gasteiger partial charge on any atom is 0.246 e. The van der Waals surface area contributed by atoms with Crippen LogP contribution in [0.2, 0.25) is 0 Å². The number of piperazine rings is 1. The van der Waals surface area contributed by atoms with E-state index >= 15 is 0 Å². The third-order valence-corrected chi connectivity index (χ3v) is 5.44. The largest absolute Gasteiger partial charge is 0.311 e. The molecular weight excluding hydrogens is 262 g/mol. The maximum absolute atomic E-state index is 13.6. The molecule has 0 aromatic heterocycles. The zero-order valence-electron chi connectivity index (χ0n) is 9.44. The van der Waals surface area contributed by atoms with Gasteiger partial charge >= 0.3 is 0 Å². The summed E-state index contributed by atoms with van der Waals surface area (Å²) in [6.45, 7) is 0.941. The third kappa shape index (κ3) is 1.73. The normalized spacial score (nSPS) is 27.9. The van der Waals surface area contributed by atoms with E-state index in [2.05, 4.69) is 5.32 Å². The molecule has 2 aliphatic rings. The molecule has 2 heterocycles. The summed E-state index contributed by atoms with van der Waals surface area (Å²) in [4.78, 5) is -0.448. The molecule has 0 saturated carbocycles. The molecule has 0 radical (unpaired) electrons. The van der Waals surface area contributed by atoms with Crippen molar-refractivity contribution in [2.45, 2.75) is 23.4 Å². The van der Waals surface area contributed by atoms with Crippen molar-refractivity contribution < 1.29 is 17.2 Å². The lowest BCUT2D eigenvalue weighted by Crippen LogP contribution is -2.46. The van der Waals surface area contributed by atoms with Crippen LogP contribution >= 0.6 is 0 Å². The fraction of sp³-hybridized carbons (Fsp3) is 0.455. The molecule has 2 fully saturated rings. The molecule has 2 saturated heterocycles. The van der Waals surface area contributed by atoms with E-state index < -0.39 is 26.6 Å². The van der Waals surface area contributed by atoms with Crippen LogP contribution in [-0.4, -0.2) is 37.9 Å². The number of benzene rings is 1. The third-order valence-electron chi connectivity index (χ3n) is 3.49. The van der Waals surface area contributed by atoms with Gasteiger partial charge in [-0.3, -0.25) is 0 Å². The molecule has 1 N–H and O–H groups in total. The van der Waals surface area contributed by atoms with Gasteiger partial charge in [0.15, 0.2) is 0 Å². The Balaban J connectivity index is 2.00. The molecule has 0 aliphatic carbocycles. The van der Waals surface area contributed by atoms with Crippen LogP contribution < -0.4 is 5.32 Å². The molecule has 18 heavy (non-hydrogen) atoms. The number of halogens is 2. The lowest BCUT2D eigenvalue weighted by atomic mass is 10.2. The van der Waals surface area contributed by atoms with Gasteiger partial charge in [0.1, 0.15) is 16.5 Å². The van der Waals surface area contributed by atoms with Crippen molar-refractivity contribution in [3.05, 3.63) is 29.8 Å². The van der Waals surface area contributed by atoms with Crippen LogP contribution in [-0.2, 0) is 10.0 Å². The number of nitrogens with one attached hydrogen (secondary N) is 1. The van der Waals surface area contributed by atoms with Gasteiger partial charge in [-0.2, -0.15) is 4.31 Å². The van der Waals surface area contributed by atoms with E-state index in [-0.39, 0.29) is 12.1 Å². The van der Waals surface area contributed by atoms with Crippen molar-refractivity contribution in [3.8, 4) is 0 Å². The quantitative estimate of drug-likeness (QED) is 0.863. The SMILES string of the molecule is O=S(=O)(c1ccc(F)cc1F)N1CC2CC1CN2. The first-order valence-corrected chi connectivity index (χ1v) is 7.13. The molecule has 3 rings (SSSR count). The Morgan fingerprint density at radius 1 is 1.33 bits per heavy atom. The first-order valence-electron chi connectivity index (χ1n) is 5.69. The summed E-state index contributed by atoms with van der Waals surface area (Å²) in [6.07, 6.45) is 0.752. The average molecular weight is 274 g/mol. The number of rotatable bonds is 2. The fourth-order valence-electron chi connectivity index (χ4n) is 2.63. The number of fused-ring (bicyclic) bond motifs is 2. The summed E-state index contributed by atoms with van der Waals surface area (Å²) in [6, 6.07) is 2.57. The number of hydrogen-bond acceptors (Lipinski definition) is 3. The summed E-state index contributed by atoms with van der Waals surface area (Å²) >= 11 is 0. The highest BCUT2D eigenvalue weighted by Gasteiger charge is 2.44. The standard InChI is InChI=1S/C11H12F2N2O2S/c12-7-1-2-11(10(13)3-7)18(16,17)15-6-8-4-9(15)5-14-8/h1-3,8-9,14H,4-6H2. The Labute approximate surface area is 104 Å². The van der Waals surface area contributed by atoms with Crippen molar-refractivity contribution in [2.75, 3.05) is 13.1 Å². The molecule has 0 amide bonds. The van der Waals surface area contributed by atoms with Crippen LogP contribution in [0.5, 0.6) is 0 Å². The van der Waals surface area contributed by atoms with E-state index in [1.807, 2.05) is 0 Å². The topological polar surface area (TPSA) is 49.4 Å². The van der Waals surface area contributed by atoms with E-state index in [4.69, 9.17) is 0 Å². The van der Waals surface area contributed by atoms with Gasteiger partial charge in [0.05, 0.1) is 0 Å². The van der Waals surface area contributed by atoms with E-state index in [0.717, 1.165) is 18.6 Å². The van der Waals surface area contributed by atoms with Crippen molar-refractivity contribution in [1.29, 1.82) is 0 Å². The van der Waals surface area contributed by atoms with Gasteiger partial charge in [0.2, 0.25) is 10.0 Å². The molecule has 0 spiro atoms. The Kier molecular flexibility index (Phi) is 2.65. The molecule has 7 heteroatoms. The summed E-state index contributed by atoms with van der Waals surface area (Å²) in [5.74, 6) is -1.82. The first kappa shape index (κ1) is 12.0. The molecule has 4 nitrogen and oxygen atoms in total. The predicted molar refractivity (Wildman–Crippen MR) is 60.4 cm³/mol. The van der Waals surface area contributed by atoms with Gasteiger partial charge in [0.25, 0.3) is 0 Å². The minimum atomic E-state index is -3.87. The summed E-state index contributed by atoms with van der Waals surface area (Å²) in [7, 11) is -3.87. The van der Waals surface area contributed by atoms with Gasteiger partial charge in [-0.15, -0.1) is 0 Å². The number of hydrogen-bond donors (Lipinski definition) is 1. The molecule has 2 bridgehead atoms. The fourth-order valence-corrected chi connectivity index (χ4v) is 4.35. The van der Waals surface area contributed by atoms with Crippen LogP contribution in [0.15, 0.2) is 23.1 Å². The van der Waals surface area contributed by atoms with E-state index in [1.54, 1.807) is 0 Å². The zero-order chi connectivity index (χ0) is 12.9. The van der Waals surface area contributed by atoms with Gasteiger partial charge in [-0.25, -0.2) is 17.2 Å². The lowest BCUT2D eigenvalue weighted by molar-refractivity contribution is 0.347. The number of nitrogens with zero attached hydrogens (tertiary/aromatic N) is 1. The molecule has 98 valence electrons. The van der Waals surface area contributed by atoms with Crippen LogP contribution in [0.25, 0.3) is 0 Å². The highest BCUT2D eigenvalue weighted by Crippen LogP contribution is 2.30. The summed E-state index contributed by atoms with van der Waals surface area (Å²) in [5.41, 5.74) is 0. The average Bonchev–Trinajstić information content (AvgIpc) is 2.90. The van der Waals surface area contributed by atoms with E-state index in [1.165, 1.54) is 4.31 Å². The molecular formula is C11H12F2N2O2S. The monoisotopic (exact) mass is 274 g/mol. The van der Waals surface area contributed by atoms with Crippen molar-refractivity contribution in [2.24, 2.45) is 0 Å². The summed E-state index contributed by atoms with van der Waals surface area (Å²) < 4.78 is 52.3. The Hall–Kier alpha value is -1.05. The Morgan fingerprint density at radius 2 is 2.11 bits per heavy atom. The van der Waals surface area contributed by atoms with Crippen molar-refractivity contribution >= 4 is 10.0 Å². The molecule has 2 unspecified atom stereocenters. The minimum Gasteiger partial charge on any atom is -0.311 e. The maximum atomic E-state index is 13.6. The van der Waals surface area contributed by atoms with Crippen molar-refractivity contribution in [1.82, 2.24) is 9.62 Å². The van der Waals surface area contributed by atoms with Gasteiger partial charge in [-0.1, -0.05) is 0 Å². The molecule has 1 aromatic carbocycles. The molecule has 1 aromatic rings. The minimum absolute atomic E-state index is 0.121. The second-order valence-electron chi connectivity index (χ2n) is 4.64. The second kappa shape index (κ2) is 3.97. The smallest absolute Gasteiger partial charge is 0.246 e. The first-order chi connectivity index (χ1) is 8.48. The Morgan fingerprint density at radius 3 is 2.67 bits per heavy atom. The molecule has 2 atom stereocenters. The van der Waals surface area contributed by atoms with Crippen LogP contribution in [0, 0.1) is 11.6 Å². The highest BCUT2D eigenvalue weighted by atomic mass is 32.2. The highest BCUT2D eigenvalue weighted by molar-refractivity contribution is 7.89. The second-order valence-corrected chi connectivity index (χ2v) is 6.50. The van der Waals surface area contributed by atoms with Crippen LogP contribution in [0.3, 0.4) is 0 Å². The summed E-state index contributed by atoms with van der Waals surface area (Å²) in [5, 5.41) is 3.17. The van der Waals surface area contributed by atoms with Crippen LogP contribution in [0.4, 0.5) is 8.78 Å². The number of sulfonamides is 1.